The van der Waals surface area contributed by atoms with E-state index in [-0.39, 0.29) is 11.7 Å². The molecule has 0 unspecified atom stereocenters. The van der Waals surface area contributed by atoms with Gasteiger partial charge in [-0.1, -0.05) is 31.2 Å². The van der Waals surface area contributed by atoms with E-state index >= 15 is 0 Å². The Morgan fingerprint density at radius 1 is 1.17 bits per heavy atom. The Morgan fingerprint density at radius 3 is 2.42 bits per heavy atom. The first-order valence-electron chi connectivity index (χ1n) is 7.84. The standard InChI is InChI=1S/C19H22FNO3/c1-4-17(24-18-8-6-5-7-16(18)20)19(22)21(2)13-14-9-11-15(23-3)12-10-14/h5-12,17H,4,13H2,1-3H3/t17-/m0/s1. The summed E-state index contributed by atoms with van der Waals surface area (Å²) in [6.45, 7) is 2.28. The van der Waals surface area contributed by atoms with Gasteiger partial charge in [-0.25, -0.2) is 4.39 Å². The summed E-state index contributed by atoms with van der Waals surface area (Å²) in [4.78, 5) is 14.2. The number of likely N-dealkylation sites (N-methyl/N-ethyl adjacent to an activating group) is 1. The van der Waals surface area contributed by atoms with Gasteiger partial charge in [0.2, 0.25) is 0 Å². The second-order valence-corrected chi connectivity index (χ2v) is 5.49. The molecule has 0 bridgehead atoms. The summed E-state index contributed by atoms with van der Waals surface area (Å²) < 4.78 is 24.4. The van der Waals surface area contributed by atoms with Gasteiger partial charge in [-0.05, 0) is 36.2 Å². The summed E-state index contributed by atoms with van der Waals surface area (Å²) in [5.74, 6) is 0.204. The molecule has 1 amide bonds. The second kappa shape index (κ2) is 8.34. The van der Waals surface area contributed by atoms with E-state index in [1.54, 1.807) is 31.2 Å². The number of hydrogen-bond donors (Lipinski definition) is 0. The number of carbonyl (C=O) groups excluding carboxylic acids is 1. The summed E-state index contributed by atoms with van der Waals surface area (Å²) in [5.41, 5.74) is 0.979. The topological polar surface area (TPSA) is 38.8 Å². The molecule has 0 aromatic heterocycles. The van der Waals surface area contributed by atoms with Crippen molar-refractivity contribution in [3.05, 3.63) is 59.9 Å². The molecule has 0 aliphatic carbocycles. The smallest absolute Gasteiger partial charge is 0.263 e. The van der Waals surface area contributed by atoms with Crippen molar-refractivity contribution < 1.29 is 18.7 Å². The zero-order valence-corrected chi connectivity index (χ0v) is 14.2. The van der Waals surface area contributed by atoms with Gasteiger partial charge in [0.1, 0.15) is 5.75 Å². The van der Waals surface area contributed by atoms with Crippen molar-refractivity contribution in [2.24, 2.45) is 0 Å². The minimum absolute atomic E-state index is 0.0931. The molecule has 2 rings (SSSR count). The number of carbonyl (C=O) groups is 1. The van der Waals surface area contributed by atoms with Crippen LogP contribution in [0.1, 0.15) is 18.9 Å². The molecule has 5 heteroatoms. The molecule has 128 valence electrons. The fourth-order valence-corrected chi connectivity index (χ4v) is 2.33. The lowest BCUT2D eigenvalue weighted by atomic mass is 10.2. The molecule has 0 saturated heterocycles. The van der Waals surface area contributed by atoms with Crippen LogP contribution in [0.2, 0.25) is 0 Å². The van der Waals surface area contributed by atoms with Crippen LogP contribution in [0.3, 0.4) is 0 Å². The molecule has 0 heterocycles. The Balaban J connectivity index is 2.02. The molecular formula is C19H22FNO3. The highest BCUT2D eigenvalue weighted by Gasteiger charge is 2.23. The zero-order chi connectivity index (χ0) is 17.5. The molecular weight excluding hydrogens is 309 g/mol. The van der Waals surface area contributed by atoms with Crippen LogP contribution in [0, 0.1) is 5.82 Å². The summed E-state index contributed by atoms with van der Waals surface area (Å²) in [6.07, 6.45) is -0.259. The van der Waals surface area contributed by atoms with Crippen molar-refractivity contribution in [1.29, 1.82) is 0 Å². The molecule has 24 heavy (non-hydrogen) atoms. The zero-order valence-electron chi connectivity index (χ0n) is 14.2. The fourth-order valence-electron chi connectivity index (χ4n) is 2.33. The third kappa shape index (κ3) is 4.47. The SMILES string of the molecule is CC[C@H](Oc1ccccc1F)C(=O)N(C)Cc1ccc(OC)cc1. The number of ether oxygens (including phenoxy) is 2. The lowest BCUT2D eigenvalue weighted by Crippen LogP contribution is -2.39. The van der Waals surface area contributed by atoms with Gasteiger partial charge in [0.05, 0.1) is 7.11 Å². The van der Waals surface area contributed by atoms with E-state index in [0.717, 1.165) is 11.3 Å². The Hall–Kier alpha value is -2.56. The molecule has 0 fully saturated rings. The van der Waals surface area contributed by atoms with Crippen molar-refractivity contribution >= 4 is 5.91 Å². The van der Waals surface area contributed by atoms with Gasteiger partial charge in [-0.2, -0.15) is 0 Å². The number of rotatable bonds is 7. The van der Waals surface area contributed by atoms with E-state index in [1.807, 2.05) is 31.2 Å². The van der Waals surface area contributed by atoms with Gasteiger partial charge in [0.15, 0.2) is 17.7 Å². The van der Waals surface area contributed by atoms with E-state index in [9.17, 15) is 9.18 Å². The van der Waals surface area contributed by atoms with Crippen LogP contribution in [-0.2, 0) is 11.3 Å². The normalized spacial score (nSPS) is 11.7. The van der Waals surface area contributed by atoms with Crippen molar-refractivity contribution in [2.45, 2.75) is 26.0 Å². The predicted molar refractivity (Wildman–Crippen MR) is 90.6 cm³/mol. The van der Waals surface area contributed by atoms with Crippen molar-refractivity contribution in [3.8, 4) is 11.5 Å². The minimum Gasteiger partial charge on any atom is -0.497 e. The number of methoxy groups -OCH3 is 1. The molecule has 0 aliphatic heterocycles. The molecule has 2 aromatic carbocycles. The van der Waals surface area contributed by atoms with Gasteiger partial charge in [-0.3, -0.25) is 4.79 Å². The number of nitrogens with zero attached hydrogens (tertiary/aromatic N) is 1. The Morgan fingerprint density at radius 2 is 1.83 bits per heavy atom. The number of hydrogen-bond acceptors (Lipinski definition) is 3. The van der Waals surface area contributed by atoms with Crippen LogP contribution in [0.5, 0.6) is 11.5 Å². The average Bonchev–Trinajstić information content (AvgIpc) is 2.61. The van der Waals surface area contributed by atoms with Crippen LogP contribution in [0.15, 0.2) is 48.5 Å². The fraction of sp³-hybridized carbons (Fsp3) is 0.316. The van der Waals surface area contributed by atoms with Gasteiger partial charge < -0.3 is 14.4 Å². The lowest BCUT2D eigenvalue weighted by molar-refractivity contribution is -0.138. The largest absolute Gasteiger partial charge is 0.497 e. The quantitative estimate of drug-likeness (QED) is 0.777. The second-order valence-electron chi connectivity index (χ2n) is 5.49. The maximum Gasteiger partial charge on any atom is 0.263 e. The van der Waals surface area contributed by atoms with Crippen LogP contribution < -0.4 is 9.47 Å². The molecule has 4 nitrogen and oxygen atoms in total. The molecule has 0 radical (unpaired) electrons. The Labute approximate surface area is 141 Å². The van der Waals surface area contributed by atoms with E-state index in [0.29, 0.717) is 13.0 Å². The minimum atomic E-state index is -0.717. The van der Waals surface area contributed by atoms with Gasteiger partial charge >= 0.3 is 0 Å². The summed E-state index contributed by atoms with van der Waals surface area (Å²) in [7, 11) is 3.32. The number of para-hydroxylation sites is 1. The van der Waals surface area contributed by atoms with Gasteiger partial charge in [-0.15, -0.1) is 0 Å². The predicted octanol–water partition coefficient (Wildman–Crippen LogP) is 3.65. The van der Waals surface area contributed by atoms with Crippen LogP contribution in [0.25, 0.3) is 0 Å². The number of amides is 1. The first-order valence-corrected chi connectivity index (χ1v) is 7.84. The number of halogens is 1. The third-order valence-electron chi connectivity index (χ3n) is 3.71. The van der Waals surface area contributed by atoms with E-state index in [2.05, 4.69) is 0 Å². The molecule has 0 aliphatic rings. The highest BCUT2D eigenvalue weighted by molar-refractivity contribution is 5.81. The maximum atomic E-state index is 13.7. The Bertz CT molecular complexity index is 673. The summed E-state index contributed by atoms with van der Waals surface area (Å²) in [6, 6.07) is 13.6. The first-order chi connectivity index (χ1) is 11.5. The molecule has 0 spiro atoms. The van der Waals surface area contributed by atoms with E-state index in [4.69, 9.17) is 9.47 Å². The highest BCUT2D eigenvalue weighted by atomic mass is 19.1. The summed E-state index contributed by atoms with van der Waals surface area (Å²) >= 11 is 0. The van der Waals surface area contributed by atoms with Gasteiger partial charge in [0, 0.05) is 13.6 Å². The van der Waals surface area contributed by atoms with Gasteiger partial charge in [0.25, 0.3) is 5.91 Å². The third-order valence-corrected chi connectivity index (χ3v) is 3.71. The van der Waals surface area contributed by atoms with E-state index in [1.165, 1.54) is 12.1 Å². The van der Waals surface area contributed by atoms with E-state index < -0.39 is 11.9 Å². The molecule has 0 saturated carbocycles. The maximum absolute atomic E-state index is 13.7. The van der Waals surface area contributed by atoms with Crippen molar-refractivity contribution in [3.63, 3.8) is 0 Å². The molecule has 0 N–H and O–H groups in total. The van der Waals surface area contributed by atoms with Crippen LogP contribution >= 0.6 is 0 Å². The first kappa shape index (κ1) is 17.8. The highest BCUT2D eigenvalue weighted by Crippen LogP contribution is 2.19. The summed E-state index contributed by atoms with van der Waals surface area (Å²) in [5, 5.41) is 0. The Kier molecular flexibility index (Phi) is 6.18. The monoisotopic (exact) mass is 331 g/mol. The molecule has 1 atom stereocenters. The van der Waals surface area contributed by atoms with Crippen LogP contribution in [0.4, 0.5) is 4.39 Å². The van der Waals surface area contributed by atoms with Crippen molar-refractivity contribution in [2.75, 3.05) is 14.2 Å². The average molecular weight is 331 g/mol. The van der Waals surface area contributed by atoms with Crippen molar-refractivity contribution in [1.82, 2.24) is 4.90 Å². The lowest BCUT2D eigenvalue weighted by Gasteiger charge is -2.24. The number of benzene rings is 2. The van der Waals surface area contributed by atoms with Crippen LogP contribution in [-0.4, -0.2) is 31.1 Å². The molecule has 2 aromatic rings.